The lowest BCUT2D eigenvalue weighted by molar-refractivity contribution is -0.115. The summed E-state index contributed by atoms with van der Waals surface area (Å²) < 4.78 is 0. The summed E-state index contributed by atoms with van der Waals surface area (Å²) in [7, 11) is 1.73. The second kappa shape index (κ2) is 4.98. The van der Waals surface area contributed by atoms with Gasteiger partial charge in [-0.3, -0.25) is 4.79 Å². The summed E-state index contributed by atoms with van der Waals surface area (Å²) in [6.45, 7) is 2.21. The fourth-order valence-corrected chi connectivity index (χ4v) is 1.35. The maximum absolute atomic E-state index is 11.2. The first-order chi connectivity index (χ1) is 6.63. The van der Waals surface area contributed by atoms with Crippen LogP contribution in [0.15, 0.2) is 18.2 Å². The van der Waals surface area contributed by atoms with Crippen LogP contribution in [0.2, 0.25) is 5.02 Å². The zero-order valence-electron chi connectivity index (χ0n) is 8.23. The normalized spacial score (nSPS) is 9.93. The molecule has 0 bridgehead atoms. The van der Waals surface area contributed by atoms with Crippen molar-refractivity contribution < 1.29 is 4.79 Å². The van der Waals surface area contributed by atoms with Crippen molar-refractivity contribution in [2.45, 2.75) is 6.92 Å². The fourth-order valence-electron chi connectivity index (χ4n) is 1.12. The van der Waals surface area contributed by atoms with E-state index in [2.05, 4.69) is 10.6 Å². The van der Waals surface area contributed by atoms with Gasteiger partial charge < -0.3 is 10.6 Å². The van der Waals surface area contributed by atoms with E-state index in [1.54, 1.807) is 19.2 Å². The number of carbonyl (C=O) groups is 1. The summed E-state index contributed by atoms with van der Waals surface area (Å²) in [5, 5.41) is 6.23. The van der Waals surface area contributed by atoms with E-state index in [0.717, 1.165) is 11.3 Å². The molecular weight excluding hydrogens is 200 g/mol. The Hall–Kier alpha value is -1.06. The lowest BCUT2D eigenvalue weighted by Crippen LogP contribution is -2.25. The van der Waals surface area contributed by atoms with Gasteiger partial charge >= 0.3 is 0 Å². The van der Waals surface area contributed by atoms with E-state index in [0.29, 0.717) is 11.6 Å². The maximum Gasteiger partial charge on any atom is 0.238 e. The van der Waals surface area contributed by atoms with E-state index in [1.807, 2.05) is 13.0 Å². The van der Waals surface area contributed by atoms with Crippen LogP contribution in [-0.4, -0.2) is 19.5 Å². The van der Waals surface area contributed by atoms with Gasteiger partial charge in [-0.2, -0.15) is 0 Å². The largest absolute Gasteiger partial charge is 0.325 e. The van der Waals surface area contributed by atoms with Crippen molar-refractivity contribution in [3.63, 3.8) is 0 Å². The van der Waals surface area contributed by atoms with Crippen molar-refractivity contribution in [2.24, 2.45) is 0 Å². The van der Waals surface area contributed by atoms with Gasteiger partial charge in [0.2, 0.25) is 5.91 Å². The van der Waals surface area contributed by atoms with E-state index in [-0.39, 0.29) is 5.91 Å². The molecule has 0 spiro atoms. The molecule has 0 aliphatic heterocycles. The van der Waals surface area contributed by atoms with E-state index >= 15 is 0 Å². The van der Waals surface area contributed by atoms with Gasteiger partial charge in [-0.25, -0.2) is 0 Å². The molecule has 0 saturated heterocycles. The number of carbonyl (C=O) groups excluding carboxylic acids is 1. The molecule has 4 heteroatoms. The smallest absolute Gasteiger partial charge is 0.238 e. The highest BCUT2D eigenvalue weighted by atomic mass is 35.5. The third kappa shape index (κ3) is 3.01. The van der Waals surface area contributed by atoms with Gasteiger partial charge in [-0.05, 0) is 37.7 Å². The quantitative estimate of drug-likeness (QED) is 0.803. The van der Waals surface area contributed by atoms with Crippen molar-refractivity contribution >= 4 is 23.2 Å². The average molecular weight is 213 g/mol. The summed E-state index contributed by atoms with van der Waals surface area (Å²) in [4.78, 5) is 11.2. The molecule has 1 amide bonds. The molecule has 3 nitrogen and oxygen atoms in total. The van der Waals surface area contributed by atoms with Crippen LogP contribution in [0, 0.1) is 6.92 Å². The molecule has 0 aliphatic rings. The molecule has 1 rings (SSSR count). The molecule has 0 fully saturated rings. The molecule has 2 N–H and O–H groups in total. The zero-order valence-corrected chi connectivity index (χ0v) is 8.98. The van der Waals surface area contributed by atoms with Gasteiger partial charge in [0.15, 0.2) is 0 Å². The summed E-state index contributed by atoms with van der Waals surface area (Å²) in [6.07, 6.45) is 0. The number of hydrogen-bond donors (Lipinski definition) is 2. The van der Waals surface area contributed by atoms with E-state index in [1.165, 1.54) is 0 Å². The third-order valence-corrected chi connectivity index (χ3v) is 2.03. The Labute approximate surface area is 88.5 Å². The molecule has 76 valence electrons. The fraction of sp³-hybridized carbons (Fsp3) is 0.300. The van der Waals surface area contributed by atoms with Gasteiger partial charge in [-0.15, -0.1) is 0 Å². The first-order valence-electron chi connectivity index (χ1n) is 4.34. The van der Waals surface area contributed by atoms with Gasteiger partial charge in [0.25, 0.3) is 0 Å². The van der Waals surface area contributed by atoms with Gasteiger partial charge in [-0.1, -0.05) is 11.6 Å². The van der Waals surface area contributed by atoms with Gasteiger partial charge in [0.05, 0.1) is 6.54 Å². The number of hydrogen-bond acceptors (Lipinski definition) is 2. The van der Waals surface area contributed by atoms with Crippen LogP contribution in [0.1, 0.15) is 5.56 Å². The second-order valence-corrected chi connectivity index (χ2v) is 3.47. The topological polar surface area (TPSA) is 41.1 Å². The molecule has 0 atom stereocenters. The SMILES string of the molecule is CNCC(=O)Nc1ccc(Cl)cc1C. The monoisotopic (exact) mass is 212 g/mol. The van der Waals surface area contributed by atoms with E-state index < -0.39 is 0 Å². The predicted molar refractivity (Wildman–Crippen MR) is 58.7 cm³/mol. The zero-order chi connectivity index (χ0) is 10.6. The highest BCUT2D eigenvalue weighted by Gasteiger charge is 2.03. The molecular formula is C10H13ClN2O. The van der Waals surface area contributed by atoms with Crippen LogP contribution in [0.25, 0.3) is 0 Å². The van der Waals surface area contributed by atoms with Crippen LogP contribution in [0.5, 0.6) is 0 Å². The predicted octanol–water partition coefficient (Wildman–Crippen LogP) is 1.81. The number of aryl methyl sites for hydroxylation is 1. The third-order valence-electron chi connectivity index (χ3n) is 1.80. The number of rotatable bonds is 3. The summed E-state index contributed by atoms with van der Waals surface area (Å²) in [6, 6.07) is 5.37. The summed E-state index contributed by atoms with van der Waals surface area (Å²) in [5.41, 5.74) is 1.76. The first kappa shape index (κ1) is 11.0. The minimum Gasteiger partial charge on any atom is -0.325 e. The number of amides is 1. The number of halogens is 1. The average Bonchev–Trinajstić information content (AvgIpc) is 2.10. The lowest BCUT2D eigenvalue weighted by Gasteiger charge is -2.07. The van der Waals surface area contributed by atoms with Crippen LogP contribution < -0.4 is 10.6 Å². The first-order valence-corrected chi connectivity index (χ1v) is 4.72. The highest BCUT2D eigenvalue weighted by molar-refractivity contribution is 6.30. The Morgan fingerprint density at radius 3 is 2.79 bits per heavy atom. The molecule has 0 unspecified atom stereocenters. The van der Waals surface area contributed by atoms with E-state index in [9.17, 15) is 4.79 Å². The van der Waals surface area contributed by atoms with Crippen LogP contribution >= 0.6 is 11.6 Å². The Morgan fingerprint density at radius 2 is 2.21 bits per heavy atom. The molecule has 14 heavy (non-hydrogen) atoms. The second-order valence-electron chi connectivity index (χ2n) is 3.04. The standard InChI is InChI=1S/C10H13ClN2O/c1-7-5-8(11)3-4-9(7)13-10(14)6-12-2/h3-5,12H,6H2,1-2H3,(H,13,14). The number of likely N-dealkylation sites (N-methyl/N-ethyl adjacent to an activating group) is 1. The molecule has 0 aliphatic carbocycles. The molecule has 0 radical (unpaired) electrons. The Balaban J connectivity index is 2.72. The molecule has 0 aromatic heterocycles. The van der Waals surface area contributed by atoms with E-state index in [4.69, 9.17) is 11.6 Å². The molecule has 1 aromatic carbocycles. The Bertz CT molecular complexity index is 339. The van der Waals surface area contributed by atoms with Crippen LogP contribution in [-0.2, 0) is 4.79 Å². The van der Waals surface area contributed by atoms with Crippen molar-refractivity contribution in [1.82, 2.24) is 5.32 Å². The summed E-state index contributed by atoms with van der Waals surface area (Å²) >= 11 is 5.79. The van der Waals surface area contributed by atoms with Crippen molar-refractivity contribution in [1.29, 1.82) is 0 Å². The van der Waals surface area contributed by atoms with Crippen LogP contribution in [0.4, 0.5) is 5.69 Å². The van der Waals surface area contributed by atoms with Crippen molar-refractivity contribution in [3.05, 3.63) is 28.8 Å². The number of anilines is 1. The highest BCUT2D eigenvalue weighted by Crippen LogP contribution is 2.19. The number of benzene rings is 1. The Kier molecular flexibility index (Phi) is 3.92. The van der Waals surface area contributed by atoms with Crippen LogP contribution in [0.3, 0.4) is 0 Å². The van der Waals surface area contributed by atoms with Gasteiger partial charge in [0, 0.05) is 10.7 Å². The maximum atomic E-state index is 11.2. The van der Waals surface area contributed by atoms with Crippen molar-refractivity contribution in [3.8, 4) is 0 Å². The Morgan fingerprint density at radius 1 is 1.50 bits per heavy atom. The molecule has 0 heterocycles. The lowest BCUT2D eigenvalue weighted by atomic mass is 10.2. The summed E-state index contributed by atoms with van der Waals surface area (Å²) in [5.74, 6) is -0.0575. The minimum absolute atomic E-state index is 0.0575. The molecule has 1 aromatic rings. The van der Waals surface area contributed by atoms with Crippen molar-refractivity contribution in [2.75, 3.05) is 18.9 Å². The number of nitrogens with one attached hydrogen (secondary N) is 2. The molecule has 0 saturated carbocycles. The minimum atomic E-state index is -0.0575. The van der Waals surface area contributed by atoms with Gasteiger partial charge in [0.1, 0.15) is 0 Å².